The van der Waals surface area contributed by atoms with Gasteiger partial charge in [0.15, 0.2) is 0 Å². The highest BCUT2D eigenvalue weighted by atomic mass is 32.2. The van der Waals surface area contributed by atoms with Crippen molar-refractivity contribution in [2.24, 2.45) is 0 Å². The molecule has 4 rings (SSSR count). The lowest BCUT2D eigenvalue weighted by atomic mass is 10.1. The Labute approximate surface area is 166 Å². The maximum Gasteiger partial charge on any atom is 0.242 e. The summed E-state index contributed by atoms with van der Waals surface area (Å²) >= 11 is 1.88. The van der Waals surface area contributed by atoms with Crippen LogP contribution in [0.4, 0.5) is 11.4 Å². The van der Waals surface area contributed by atoms with Gasteiger partial charge in [0.25, 0.3) is 0 Å². The molecule has 2 aliphatic rings. The van der Waals surface area contributed by atoms with Crippen LogP contribution in [0.1, 0.15) is 11.1 Å². The summed E-state index contributed by atoms with van der Waals surface area (Å²) in [6.45, 7) is 9.19. The number of para-hydroxylation sites is 1. The average molecular weight is 382 g/mol. The lowest BCUT2D eigenvalue weighted by Gasteiger charge is -2.38. The smallest absolute Gasteiger partial charge is 0.242 e. The number of amides is 1. The van der Waals surface area contributed by atoms with Crippen LogP contribution in [0.3, 0.4) is 0 Å². The highest BCUT2D eigenvalue weighted by Gasteiger charge is 2.25. The van der Waals surface area contributed by atoms with Crippen LogP contribution in [-0.4, -0.2) is 55.8 Å². The average Bonchev–Trinajstić information content (AvgIpc) is 2.70. The topological polar surface area (TPSA) is 26.8 Å². The number of nitrogens with zero attached hydrogens (tertiary/aromatic N) is 3. The third-order valence-corrected chi connectivity index (χ3v) is 6.74. The van der Waals surface area contributed by atoms with Crippen LogP contribution in [0.2, 0.25) is 0 Å². The number of hydrogen-bond acceptors (Lipinski definition) is 4. The Morgan fingerprint density at radius 2 is 1.67 bits per heavy atom. The van der Waals surface area contributed by atoms with Crippen LogP contribution in [0.25, 0.3) is 0 Å². The van der Waals surface area contributed by atoms with Crippen LogP contribution in [0.5, 0.6) is 0 Å². The molecule has 0 atom stereocenters. The highest BCUT2D eigenvalue weighted by Crippen LogP contribution is 2.34. The standard InChI is InChI=1S/C22H27N3OS/c1-17-6-5-8-19(18(17)2)23-10-12-24(13-11-23)22(26)16-25-14-15-27-21-9-4-3-7-20(21)25/h3-9H,10-16H2,1-2H3. The molecule has 0 N–H and O–H groups in total. The van der Waals surface area contributed by atoms with E-state index in [2.05, 4.69) is 66.1 Å². The molecule has 2 aromatic rings. The fourth-order valence-corrected chi connectivity index (χ4v) is 4.98. The summed E-state index contributed by atoms with van der Waals surface area (Å²) in [6, 6.07) is 14.9. The lowest BCUT2D eigenvalue weighted by Crippen LogP contribution is -2.52. The van der Waals surface area contributed by atoms with E-state index in [1.165, 1.54) is 27.4 Å². The van der Waals surface area contributed by atoms with Crippen molar-refractivity contribution in [2.75, 3.05) is 54.8 Å². The Morgan fingerprint density at radius 3 is 2.48 bits per heavy atom. The van der Waals surface area contributed by atoms with Crippen molar-refractivity contribution in [3.8, 4) is 0 Å². The first-order valence-electron chi connectivity index (χ1n) is 9.69. The van der Waals surface area contributed by atoms with E-state index < -0.39 is 0 Å². The van der Waals surface area contributed by atoms with E-state index in [1.807, 2.05) is 16.7 Å². The van der Waals surface area contributed by atoms with Crippen molar-refractivity contribution in [3.05, 3.63) is 53.6 Å². The van der Waals surface area contributed by atoms with E-state index in [0.717, 1.165) is 38.5 Å². The summed E-state index contributed by atoms with van der Waals surface area (Å²) in [5.74, 6) is 1.29. The number of rotatable bonds is 3. The minimum absolute atomic E-state index is 0.248. The number of benzene rings is 2. The molecular formula is C22H27N3OS. The molecule has 0 unspecified atom stereocenters. The van der Waals surface area contributed by atoms with Gasteiger partial charge >= 0.3 is 0 Å². The van der Waals surface area contributed by atoms with Gasteiger partial charge in [0.05, 0.1) is 12.2 Å². The van der Waals surface area contributed by atoms with E-state index in [9.17, 15) is 4.79 Å². The summed E-state index contributed by atoms with van der Waals surface area (Å²) in [7, 11) is 0. The van der Waals surface area contributed by atoms with Gasteiger partial charge in [-0.05, 0) is 43.2 Å². The zero-order chi connectivity index (χ0) is 18.8. The summed E-state index contributed by atoms with van der Waals surface area (Å²) in [5, 5.41) is 0. The molecule has 2 aromatic carbocycles. The number of anilines is 2. The number of carbonyl (C=O) groups is 1. The molecule has 0 aromatic heterocycles. The van der Waals surface area contributed by atoms with Gasteiger partial charge in [0.1, 0.15) is 0 Å². The van der Waals surface area contributed by atoms with Gasteiger partial charge < -0.3 is 14.7 Å². The first-order valence-corrected chi connectivity index (χ1v) is 10.7. The van der Waals surface area contributed by atoms with Gasteiger partial charge in [-0.1, -0.05) is 24.3 Å². The maximum atomic E-state index is 12.9. The van der Waals surface area contributed by atoms with Gasteiger partial charge in [-0.15, -0.1) is 11.8 Å². The number of thioether (sulfide) groups is 1. The van der Waals surface area contributed by atoms with Crippen molar-refractivity contribution < 1.29 is 4.79 Å². The normalized spacial score (nSPS) is 17.0. The molecular weight excluding hydrogens is 354 g/mol. The van der Waals surface area contributed by atoms with Gasteiger partial charge in [0, 0.05) is 49.1 Å². The van der Waals surface area contributed by atoms with Gasteiger partial charge in [-0.2, -0.15) is 0 Å². The molecule has 0 aliphatic carbocycles. The van der Waals surface area contributed by atoms with Crippen LogP contribution in [0.15, 0.2) is 47.4 Å². The fourth-order valence-electron chi connectivity index (χ4n) is 3.93. The van der Waals surface area contributed by atoms with Crippen molar-refractivity contribution in [3.63, 3.8) is 0 Å². The van der Waals surface area contributed by atoms with Crippen LogP contribution in [-0.2, 0) is 4.79 Å². The highest BCUT2D eigenvalue weighted by molar-refractivity contribution is 7.99. The van der Waals surface area contributed by atoms with Crippen molar-refractivity contribution in [1.82, 2.24) is 4.90 Å². The minimum Gasteiger partial charge on any atom is -0.368 e. The third kappa shape index (κ3) is 3.79. The molecule has 2 aliphatic heterocycles. The maximum absolute atomic E-state index is 12.9. The lowest BCUT2D eigenvalue weighted by molar-refractivity contribution is -0.130. The zero-order valence-corrected chi connectivity index (χ0v) is 17.0. The molecule has 1 fully saturated rings. The first kappa shape index (κ1) is 18.2. The van der Waals surface area contributed by atoms with Gasteiger partial charge in [-0.3, -0.25) is 4.79 Å². The first-order chi connectivity index (χ1) is 13.1. The van der Waals surface area contributed by atoms with Crippen molar-refractivity contribution in [1.29, 1.82) is 0 Å². The zero-order valence-electron chi connectivity index (χ0n) is 16.1. The second-order valence-corrected chi connectivity index (χ2v) is 8.46. The molecule has 0 bridgehead atoms. The summed E-state index contributed by atoms with van der Waals surface area (Å²) in [5.41, 5.74) is 5.19. The van der Waals surface area contributed by atoms with Crippen LogP contribution in [0, 0.1) is 13.8 Å². The van der Waals surface area contributed by atoms with E-state index >= 15 is 0 Å². The summed E-state index contributed by atoms with van der Waals surface area (Å²) in [4.78, 5) is 20.9. The van der Waals surface area contributed by atoms with E-state index in [1.54, 1.807) is 0 Å². The van der Waals surface area contributed by atoms with E-state index in [4.69, 9.17) is 0 Å². The number of aryl methyl sites for hydroxylation is 1. The molecule has 1 saturated heterocycles. The quantitative estimate of drug-likeness (QED) is 0.812. The Hall–Kier alpha value is -2.14. The number of carbonyl (C=O) groups excluding carboxylic acids is 1. The van der Waals surface area contributed by atoms with Gasteiger partial charge in [0.2, 0.25) is 5.91 Å². The van der Waals surface area contributed by atoms with Crippen molar-refractivity contribution in [2.45, 2.75) is 18.7 Å². The predicted octanol–water partition coefficient (Wildman–Crippen LogP) is 3.56. The fraction of sp³-hybridized carbons (Fsp3) is 0.409. The van der Waals surface area contributed by atoms with Crippen LogP contribution < -0.4 is 9.80 Å². The van der Waals surface area contributed by atoms with E-state index in [0.29, 0.717) is 6.54 Å². The number of fused-ring (bicyclic) bond motifs is 1. The predicted molar refractivity (Wildman–Crippen MR) is 114 cm³/mol. The molecule has 142 valence electrons. The number of hydrogen-bond donors (Lipinski definition) is 0. The largest absolute Gasteiger partial charge is 0.368 e. The Morgan fingerprint density at radius 1 is 0.926 bits per heavy atom. The third-order valence-electron chi connectivity index (χ3n) is 5.70. The van der Waals surface area contributed by atoms with E-state index in [-0.39, 0.29) is 5.91 Å². The molecule has 5 heteroatoms. The molecule has 0 spiro atoms. The molecule has 0 radical (unpaired) electrons. The second-order valence-electron chi connectivity index (χ2n) is 7.32. The summed E-state index contributed by atoms with van der Waals surface area (Å²) in [6.07, 6.45) is 0. The SMILES string of the molecule is Cc1cccc(N2CCN(C(=O)CN3CCSc4ccccc43)CC2)c1C. The molecule has 0 saturated carbocycles. The number of piperazine rings is 1. The van der Waals surface area contributed by atoms with Gasteiger partial charge in [-0.25, -0.2) is 0 Å². The molecule has 1 amide bonds. The Bertz CT molecular complexity index is 830. The Balaban J connectivity index is 1.38. The molecule has 2 heterocycles. The molecule has 4 nitrogen and oxygen atoms in total. The second kappa shape index (κ2) is 7.85. The minimum atomic E-state index is 0.248. The Kier molecular flexibility index (Phi) is 5.30. The monoisotopic (exact) mass is 381 g/mol. The van der Waals surface area contributed by atoms with Crippen molar-refractivity contribution >= 4 is 29.0 Å². The molecule has 27 heavy (non-hydrogen) atoms. The summed E-state index contributed by atoms with van der Waals surface area (Å²) < 4.78 is 0. The van der Waals surface area contributed by atoms with Crippen LogP contribution >= 0.6 is 11.8 Å².